The highest BCUT2D eigenvalue weighted by atomic mass is 35.5. The molecule has 24 heavy (non-hydrogen) atoms. The number of ketones is 1. The quantitative estimate of drug-likeness (QED) is 0.777. The summed E-state index contributed by atoms with van der Waals surface area (Å²) in [7, 11) is -3.87. The van der Waals surface area contributed by atoms with Gasteiger partial charge in [0.05, 0.1) is 28.2 Å². The number of sulfone groups is 1. The van der Waals surface area contributed by atoms with E-state index >= 15 is 0 Å². The van der Waals surface area contributed by atoms with Gasteiger partial charge in [0.2, 0.25) is 9.84 Å². The molecule has 4 nitrogen and oxygen atoms in total. The molecule has 1 atom stereocenters. The molecule has 1 unspecified atom stereocenters. The predicted molar refractivity (Wildman–Crippen MR) is 86.9 cm³/mol. The summed E-state index contributed by atoms with van der Waals surface area (Å²) in [6.45, 7) is 0.309. The molecule has 0 fully saturated rings. The molecule has 3 rings (SSSR count). The molecule has 0 aromatic heterocycles. The molecule has 7 heteroatoms. The Morgan fingerprint density at radius 2 is 1.96 bits per heavy atom. The van der Waals surface area contributed by atoms with Gasteiger partial charge in [-0.25, -0.2) is 12.8 Å². The monoisotopic (exact) mass is 368 g/mol. The lowest BCUT2D eigenvalue weighted by atomic mass is 9.90. The van der Waals surface area contributed by atoms with Crippen molar-refractivity contribution in [1.29, 1.82) is 0 Å². The number of fused-ring (bicyclic) bond motifs is 1. The van der Waals surface area contributed by atoms with E-state index in [-0.39, 0.29) is 21.5 Å². The van der Waals surface area contributed by atoms with Gasteiger partial charge in [-0.15, -0.1) is 11.6 Å². The van der Waals surface area contributed by atoms with Crippen LogP contribution in [0.5, 0.6) is 5.75 Å². The van der Waals surface area contributed by atoms with Crippen molar-refractivity contribution in [2.24, 2.45) is 0 Å². The molecule has 2 aromatic rings. The van der Waals surface area contributed by atoms with Crippen molar-refractivity contribution in [2.75, 3.05) is 12.5 Å². The molecule has 0 amide bonds. The summed E-state index contributed by atoms with van der Waals surface area (Å²) in [5.41, 5.74) is 0.630. The molecule has 2 aromatic carbocycles. The number of hydrogen-bond donors (Lipinski definition) is 0. The van der Waals surface area contributed by atoms with Crippen LogP contribution in [0.4, 0.5) is 4.39 Å². The lowest BCUT2D eigenvalue weighted by Gasteiger charge is -2.25. The minimum atomic E-state index is -3.87. The fourth-order valence-electron chi connectivity index (χ4n) is 2.73. The molecular formula is C17H14ClFO4S. The maximum absolute atomic E-state index is 13.3. The number of alkyl halides is 1. The SMILES string of the molecule is O=C(CCl)C1CCOc2cc(S(=O)(=O)c3cccc(F)c3)ccc21. The number of Topliss-reactive ketones (excluding diaryl/α,β-unsaturated/α-hetero) is 1. The summed E-state index contributed by atoms with van der Waals surface area (Å²) in [5.74, 6) is -0.896. The van der Waals surface area contributed by atoms with Crippen LogP contribution in [0.25, 0.3) is 0 Å². The van der Waals surface area contributed by atoms with Crippen LogP contribution in [0.15, 0.2) is 52.3 Å². The summed E-state index contributed by atoms with van der Waals surface area (Å²) < 4.78 is 44.1. The average molecular weight is 369 g/mol. The third-order valence-corrected chi connectivity index (χ3v) is 5.97. The van der Waals surface area contributed by atoms with Crippen LogP contribution in [0.2, 0.25) is 0 Å². The van der Waals surface area contributed by atoms with Crippen LogP contribution in [0.1, 0.15) is 17.9 Å². The summed E-state index contributed by atoms with van der Waals surface area (Å²) in [5, 5.41) is 0. The van der Waals surface area contributed by atoms with Gasteiger partial charge in [-0.3, -0.25) is 4.79 Å². The van der Waals surface area contributed by atoms with E-state index in [0.29, 0.717) is 24.3 Å². The van der Waals surface area contributed by atoms with Gasteiger partial charge in [0.1, 0.15) is 11.6 Å². The normalized spacial score (nSPS) is 17.0. The third kappa shape index (κ3) is 3.03. The molecule has 0 N–H and O–H groups in total. The Balaban J connectivity index is 2.04. The molecule has 1 aliphatic rings. The number of carbonyl (C=O) groups is 1. The van der Waals surface area contributed by atoms with Crippen molar-refractivity contribution in [3.05, 3.63) is 53.8 Å². The predicted octanol–water partition coefficient (Wildman–Crippen LogP) is 3.33. The Labute approximate surface area is 144 Å². The smallest absolute Gasteiger partial charge is 0.206 e. The van der Waals surface area contributed by atoms with Crippen molar-refractivity contribution in [3.63, 3.8) is 0 Å². The number of hydrogen-bond acceptors (Lipinski definition) is 4. The number of rotatable bonds is 4. The maximum Gasteiger partial charge on any atom is 0.206 e. The number of halogens is 2. The van der Waals surface area contributed by atoms with Gasteiger partial charge in [0.25, 0.3) is 0 Å². The van der Waals surface area contributed by atoms with Crippen LogP contribution >= 0.6 is 11.6 Å². The van der Waals surface area contributed by atoms with Gasteiger partial charge in [0, 0.05) is 5.56 Å². The molecule has 0 radical (unpaired) electrons. The van der Waals surface area contributed by atoms with Gasteiger partial charge >= 0.3 is 0 Å². The molecule has 0 aliphatic carbocycles. The Morgan fingerprint density at radius 1 is 1.21 bits per heavy atom. The van der Waals surface area contributed by atoms with Gasteiger partial charge in [-0.05, 0) is 36.8 Å². The van der Waals surface area contributed by atoms with E-state index in [2.05, 4.69) is 0 Å². The highest BCUT2D eigenvalue weighted by Gasteiger charge is 2.29. The fourth-order valence-corrected chi connectivity index (χ4v) is 4.23. The van der Waals surface area contributed by atoms with Crippen molar-refractivity contribution in [3.8, 4) is 5.75 Å². The number of ether oxygens (including phenoxy) is 1. The lowest BCUT2D eigenvalue weighted by molar-refractivity contribution is -0.118. The standard InChI is InChI=1S/C17H14ClFO4S/c18-10-16(20)14-6-7-23-17-9-13(4-5-15(14)17)24(21,22)12-3-1-2-11(19)8-12/h1-5,8-9,14H,6-7,10H2. The molecule has 0 saturated heterocycles. The average Bonchev–Trinajstić information content (AvgIpc) is 2.60. The van der Waals surface area contributed by atoms with Crippen LogP contribution < -0.4 is 4.74 Å². The van der Waals surface area contributed by atoms with E-state index < -0.39 is 21.6 Å². The first kappa shape index (κ1) is 16.9. The molecular weight excluding hydrogens is 355 g/mol. The fraction of sp³-hybridized carbons (Fsp3) is 0.235. The molecule has 0 saturated carbocycles. The Hall–Kier alpha value is -1.92. The van der Waals surface area contributed by atoms with Gasteiger partial charge in [0.15, 0.2) is 5.78 Å². The first-order valence-corrected chi connectivity index (χ1v) is 9.31. The van der Waals surface area contributed by atoms with Gasteiger partial charge < -0.3 is 4.74 Å². The second kappa shape index (κ2) is 6.53. The van der Waals surface area contributed by atoms with E-state index in [1.165, 1.54) is 30.3 Å². The van der Waals surface area contributed by atoms with Crippen molar-refractivity contribution >= 4 is 27.2 Å². The zero-order chi connectivity index (χ0) is 17.3. The van der Waals surface area contributed by atoms with E-state index in [1.54, 1.807) is 6.07 Å². The molecule has 0 bridgehead atoms. The van der Waals surface area contributed by atoms with Crippen LogP contribution in [0, 0.1) is 5.82 Å². The Morgan fingerprint density at radius 3 is 2.67 bits per heavy atom. The molecule has 1 aliphatic heterocycles. The Bertz CT molecular complexity index is 895. The van der Waals surface area contributed by atoms with Gasteiger partial charge in [-0.1, -0.05) is 12.1 Å². The maximum atomic E-state index is 13.3. The van der Waals surface area contributed by atoms with Crippen LogP contribution in [0.3, 0.4) is 0 Å². The topological polar surface area (TPSA) is 60.4 Å². The van der Waals surface area contributed by atoms with E-state index in [4.69, 9.17) is 16.3 Å². The second-order valence-corrected chi connectivity index (χ2v) is 7.67. The van der Waals surface area contributed by atoms with E-state index in [0.717, 1.165) is 6.07 Å². The first-order chi connectivity index (χ1) is 11.4. The lowest BCUT2D eigenvalue weighted by Crippen LogP contribution is -2.22. The summed E-state index contributed by atoms with van der Waals surface area (Å²) in [4.78, 5) is 11.8. The summed E-state index contributed by atoms with van der Waals surface area (Å²) in [6, 6.07) is 9.17. The largest absolute Gasteiger partial charge is 0.493 e. The molecule has 126 valence electrons. The highest BCUT2D eigenvalue weighted by molar-refractivity contribution is 7.91. The molecule has 0 spiro atoms. The van der Waals surface area contributed by atoms with Crippen LogP contribution in [-0.4, -0.2) is 26.7 Å². The summed E-state index contributed by atoms with van der Waals surface area (Å²) in [6.07, 6.45) is 0.508. The highest BCUT2D eigenvalue weighted by Crippen LogP contribution is 2.37. The first-order valence-electron chi connectivity index (χ1n) is 7.29. The number of carbonyl (C=O) groups excluding carboxylic acids is 1. The zero-order valence-corrected chi connectivity index (χ0v) is 14.1. The van der Waals surface area contributed by atoms with Crippen molar-refractivity contribution in [1.82, 2.24) is 0 Å². The minimum Gasteiger partial charge on any atom is -0.493 e. The second-order valence-electron chi connectivity index (χ2n) is 5.45. The minimum absolute atomic E-state index is 0.00850. The summed E-state index contributed by atoms with van der Waals surface area (Å²) >= 11 is 5.63. The molecule has 1 heterocycles. The van der Waals surface area contributed by atoms with Gasteiger partial charge in [-0.2, -0.15) is 0 Å². The van der Waals surface area contributed by atoms with Crippen molar-refractivity contribution in [2.45, 2.75) is 22.1 Å². The van der Waals surface area contributed by atoms with E-state index in [9.17, 15) is 17.6 Å². The third-order valence-electron chi connectivity index (χ3n) is 3.96. The van der Waals surface area contributed by atoms with Crippen molar-refractivity contribution < 1.29 is 22.3 Å². The van der Waals surface area contributed by atoms with E-state index in [1.807, 2.05) is 0 Å². The zero-order valence-electron chi connectivity index (χ0n) is 12.5. The Kier molecular flexibility index (Phi) is 4.60. The van der Waals surface area contributed by atoms with Crippen LogP contribution in [-0.2, 0) is 14.6 Å². The number of benzene rings is 2.